The van der Waals surface area contributed by atoms with E-state index in [1.165, 1.54) is 36.2 Å². The van der Waals surface area contributed by atoms with Gasteiger partial charge in [-0.1, -0.05) is 30.5 Å². The number of aryl methyl sites for hydroxylation is 2. The summed E-state index contributed by atoms with van der Waals surface area (Å²) in [5.41, 5.74) is 1.35. The number of rotatable bonds is 2. The molecule has 0 unspecified atom stereocenters. The molecule has 90 valence electrons. The van der Waals surface area contributed by atoms with Crippen LogP contribution in [0, 0.1) is 13.8 Å². The number of benzene rings is 2. The standard InChI is InChI=1S/C16H14S2/c1-4-17-15-7-6-13-12(11(15)3)5-8-16-14(13)9-10(2)18-16/h4-9H,1H2,2-3H3. The smallest absolute Gasteiger partial charge is 0.0352 e. The minimum Gasteiger partial charge on any atom is -0.141 e. The van der Waals surface area contributed by atoms with Gasteiger partial charge >= 0.3 is 0 Å². The minimum atomic E-state index is 1.30. The van der Waals surface area contributed by atoms with E-state index in [4.69, 9.17) is 0 Å². The summed E-state index contributed by atoms with van der Waals surface area (Å²) < 4.78 is 1.38. The van der Waals surface area contributed by atoms with Crippen LogP contribution in [-0.4, -0.2) is 0 Å². The van der Waals surface area contributed by atoms with Crippen LogP contribution < -0.4 is 0 Å². The van der Waals surface area contributed by atoms with Gasteiger partial charge in [0.15, 0.2) is 0 Å². The molecule has 0 fully saturated rings. The van der Waals surface area contributed by atoms with Crippen molar-refractivity contribution in [2.75, 3.05) is 0 Å². The Hall–Kier alpha value is -1.25. The third-order valence-electron chi connectivity index (χ3n) is 3.25. The van der Waals surface area contributed by atoms with Gasteiger partial charge in [0.05, 0.1) is 0 Å². The van der Waals surface area contributed by atoms with Gasteiger partial charge in [-0.05, 0) is 53.8 Å². The highest BCUT2D eigenvalue weighted by molar-refractivity contribution is 8.02. The Morgan fingerprint density at radius 2 is 1.83 bits per heavy atom. The molecule has 0 aliphatic heterocycles. The summed E-state index contributed by atoms with van der Waals surface area (Å²) in [5, 5.41) is 5.99. The van der Waals surface area contributed by atoms with Gasteiger partial charge < -0.3 is 0 Å². The summed E-state index contributed by atoms with van der Waals surface area (Å²) in [6, 6.07) is 11.2. The van der Waals surface area contributed by atoms with Gasteiger partial charge in [0.1, 0.15) is 0 Å². The SMILES string of the molecule is C=CSc1ccc2c(ccc3sc(C)cc32)c1C. The first-order valence-corrected chi connectivity index (χ1v) is 7.60. The molecule has 0 amide bonds. The summed E-state index contributed by atoms with van der Waals surface area (Å²) in [7, 11) is 0. The van der Waals surface area contributed by atoms with Crippen molar-refractivity contribution < 1.29 is 0 Å². The predicted octanol–water partition coefficient (Wildman–Crippen LogP) is 5.91. The van der Waals surface area contributed by atoms with E-state index in [1.807, 2.05) is 16.7 Å². The van der Waals surface area contributed by atoms with Gasteiger partial charge in [0, 0.05) is 19.9 Å². The lowest BCUT2D eigenvalue weighted by Crippen LogP contribution is -1.82. The Balaban J connectivity index is 2.39. The maximum absolute atomic E-state index is 3.80. The van der Waals surface area contributed by atoms with Gasteiger partial charge in [0.2, 0.25) is 0 Å². The molecule has 2 aromatic carbocycles. The Bertz CT molecular complexity index is 750. The largest absolute Gasteiger partial charge is 0.141 e. The molecule has 2 heteroatoms. The molecule has 0 atom stereocenters. The van der Waals surface area contributed by atoms with Gasteiger partial charge in [-0.25, -0.2) is 0 Å². The quantitative estimate of drug-likeness (QED) is 0.522. The molecule has 0 N–H and O–H groups in total. The van der Waals surface area contributed by atoms with Crippen LogP contribution in [0.4, 0.5) is 0 Å². The van der Waals surface area contributed by atoms with Crippen LogP contribution in [0.5, 0.6) is 0 Å². The molecule has 0 spiro atoms. The highest BCUT2D eigenvalue weighted by atomic mass is 32.2. The Kier molecular flexibility index (Phi) is 2.92. The van der Waals surface area contributed by atoms with E-state index in [0.29, 0.717) is 0 Å². The van der Waals surface area contributed by atoms with E-state index in [1.54, 1.807) is 11.8 Å². The molecule has 1 aromatic heterocycles. The van der Waals surface area contributed by atoms with E-state index in [2.05, 4.69) is 50.8 Å². The van der Waals surface area contributed by atoms with Crippen molar-refractivity contribution in [1.29, 1.82) is 0 Å². The van der Waals surface area contributed by atoms with Crippen molar-refractivity contribution in [3.05, 3.63) is 52.8 Å². The number of hydrogen-bond donors (Lipinski definition) is 0. The predicted molar refractivity (Wildman–Crippen MR) is 84.9 cm³/mol. The zero-order valence-corrected chi connectivity index (χ0v) is 12.1. The van der Waals surface area contributed by atoms with Gasteiger partial charge in [-0.15, -0.1) is 11.3 Å². The van der Waals surface area contributed by atoms with Crippen molar-refractivity contribution in [3.63, 3.8) is 0 Å². The van der Waals surface area contributed by atoms with Crippen molar-refractivity contribution in [2.45, 2.75) is 18.7 Å². The minimum absolute atomic E-state index is 1.30. The number of thioether (sulfide) groups is 1. The van der Waals surface area contributed by atoms with E-state index < -0.39 is 0 Å². The first kappa shape index (κ1) is 11.8. The summed E-state index contributed by atoms with van der Waals surface area (Å²) in [6.45, 7) is 8.16. The van der Waals surface area contributed by atoms with Gasteiger partial charge in [-0.2, -0.15) is 0 Å². The molecule has 18 heavy (non-hydrogen) atoms. The van der Waals surface area contributed by atoms with Crippen LogP contribution in [-0.2, 0) is 0 Å². The Morgan fingerprint density at radius 1 is 1.06 bits per heavy atom. The Morgan fingerprint density at radius 3 is 2.61 bits per heavy atom. The van der Waals surface area contributed by atoms with Crippen molar-refractivity contribution >= 4 is 44.0 Å². The van der Waals surface area contributed by atoms with Crippen molar-refractivity contribution in [1.82, 2.24) is 0 Å². The van der Waals surface area contributed by atoms with Crippen LogP contribution in [0.3, 0.4) is 0 Å². The lowest BCUT2D eigenvalue weighted by Gasteiger charge is -2.08. The lowest BCUT2D eigenvalue weighted by molar-refractivity contribution is 1.35. The zero-order valence-electron chi connectivity index (χ0n) is 10.5. The second kappa shape index (κ2) is 4.45. The molecule has 0 saturated carbocycles. The molecular formula is C16H14S2. The van der Waals surface area contributed by atoms with E-state index in [-0.39, 0.29) is 0 Å². The molecule has 1 heterocycles. The number of hydrogen-bond acceptors (Lipinski definition) is 2. The molecular weight excluding hydrogens is 256 g/mol. The first-order chi connectivity index (χ1) is 8.70. The Labute approximate surface area is 115 Å². The third kappa shape index (κ3) is 1.76. The first-order valence-electron chi connectivity index (χ1n) is 5.91. The third-order valence-corrected chi connectivity index (χ3v) is 5.13. The second-order valence-electron chi connectivity index (χ2n) is 4.40. The summed E-state index contributed by atoms with van der Waals surface area (Å²) in [5.74, 6) is 0. The fourth-order valence-corrected chi connectivity index (χ4v) is 3.95. The molecule has 0 bridgehead atoms. The van der Waals surface area contributed by atoms with Gasteiger partial charge in [-0.3, -0.25) is 0 Å². The maximum atomic E-state index is 3.80. The monoisotopic (exact) mass is 270 g/mol. The van der Waals surface area contributed by atoms with Crippen LogP contribution in [0.15, 0.2) is 47.2 Å². The fraction of sp³-hybridized carbons (Fsp3) is 0.125. The molecule has 0 nitrogen and oxygen atoms in total. The van der Waals surface area contributed by atoms with E-state index in [9.17, 15) is 0 Å². The fourth-order valence-electron chi connectivity index (χ4n) is 2.40. The average molecular weight is 270 g/mol. The molecule has 3 aromatic rings. The molecule has 0 aliphatic rings. The summed E-state index contributed by atoms with van der Waals surface area (Å²) in [4.78, 5) is 2.67. The van der Waals surface area contributed by atoms with Crippen LogP contribution in [0.1, 0.15) is 10.4 Å². The van der Waals surface area contributed by atoms with Gasteiger partial charge in [0.25, 0.3) is 0 Å². The number of fused-ring (bicyclic) bond motifs is 3. The van der Waals surface area contributed by atoms with Crippen LogP contribution in [0.2, 0.25) is 0 Å². The van der Waals surface area contributed by atoms with E-state index in [0.717, 1.165) is 0 Å². The van der Waals surface area contributed by atoms with E-state index >= 15 is 0 Å². The summed E-state index contributed by atoms with van der Waals surface area (Å²) in [6.07, 6.45) is 0. The highest BCUT2D eigenvalue weighted by Gasteiger charge is 2.08. The zero-order chi connectivity index (χ0) is 12.7. The van der Waals surface area contributed by atoms with Crippen LogP contribution >= 0.6 is 23.1 Å². The second-order valence-corrected chi connectivity index (χ2v) is 6.70. The maximum Gasteiger partial charge on any atom is 0.0352 e. The topological polar surface area (TPSA) is 0 Å². The molecule has 0 radical (unpaired) electrons. The molecule has 0 aliphatic carbocycles. The van der Waals surface area contributed by atoms with Crippen molar-refractivity contribution in [3.8, 4) is 0 Å². The lowest BCUT2D eigenvalue weighted by atomic mass is 10.0. The molecule has 0 saturated heterocycles. The summed E-state index contributed by atoms with van der Waals surface area (Å²) >= 11 is 3.56. The average Bonchev–Trinajstić information content (AvgIpc) is 2.73. The van der Waals surface area contributed by atoms with Crippen LogP contribution in [0.25, 0.3) is 20.9 Å². The van der Waals surface area contributed by atoms with Crippen molar-refractivity contribution in [2.24, 2.45) is 0 Å². The normalized spacial score (nSPS) is 11.2. The molecule has 3 rings (SSSR count). The number of thiophene rings is 1. The highest BCUT2D eigenvalue weighted by Crippen LogP contribution is 2.36.